The molecule has 0 bridgehead atoms. The molecule has 2 heterocycles. The van der Waals surface area contributed by atoms with Gasteiger partial charge < -0.3 is 19.7 Å². The Balaban J connectivity index is 1.45. The van der Waals surface area contributed by atoms with Crippen molar-refractivity contribution < 1.29 is 23.0 Å². The monoisotopic (exact) mass is 489 g/mol. The van der Waals surface area contributed by atoms with E-state index in [1.54, 1.807) is 19.2 Å². The van der Waals surface area contributed by atoms with Crippen molar-refractivity contribution in [1.29, 1.82) is 0 Å². The van der Waals surface area contributed by atoms with Crippen LogP contribution in [0.2, 0.25) is 0 Å². The number of likely N-dealkylation sites (tertiary alicyclic amines) is 1. The summed E-state index contributed by atoms with van der Waals surface area (Å²) in [6.07, 6.45) is 3.54. The molecule has 8 nitrogen and oxygen atoms in total. The van der Waals surface area contributed by atoms with Gasteiger partial charge in [0.15, 0.2) is 11.5 Å². The number of nitrogens with zero attached hydrogens (tertiary/aromatic N) is 3. The summed E-state index contributed by atoms with van der Waals surface area (Å²) in [4.78, 5) is 23.0. The molecular weight excluding hydrogens is 464 g/mol. The summed E-state index contributed by atoms with van der Waals surface area (Å²) >= 11 is 0.891. The number of hydrogen-bond donors (Lipinski definition) is 2. The molecule has 4 rings (SSSR count). The number of urea groups is 1. The summed E-state index contributed by atoms with van der Waals surface area (Å²) in [5.41, 5.74) is 0.0836. The van der Waals surface area contributed by atoms with Gasteiger partial charge in [0.2, 0.25) is 0 Å². The molecule has 34 heavy (non-hydrogen) atoms. The SMILES string of the molecule is COc1cc2c(SNC(=O)Nc3c(F)cccc3F)ncnc2cc1OCC1CCN(C)CC1. The molecule has 1 fully saturated rings. The molecule has 3 aromatic rings. The van der Waals surface area contributed by atoms with Crippen molar-refractivity contribution in [1.82, 2.24) is 19.6 Å². The highest BCUT2D eigenvalue weighted by Gasteiger charge is 2.19. The van der Waals surface area contributed by atoms with Crippen molar-refractivity contribution in [2.45, 2.75) is 17.9 Å². The fraction of sp³-hybridized carbons (Fsp3) is 0.348. The van der Waals surface area contributed by atoms with Crippen LogP contribution in [0.1, 0.15) is 12.8 Å². The third-order valence-electron chi connectivity index (χ3n) is 5.64. The van der Waals surface area contributed by atoms with Crippen LogP contribution in [0.3, 0.4) is 0 Å². The summed E-state index contributed by atoms with van der Waals surface area (Å²) in [7, 11) is 3.67. The Morgan fingerprint density at radius 1 is 1.18 bits per heavy atom. The first kappa shape index (κ1) is 24.0. The largest absolute Gasteiger partial charge is 0.493 e. The lowest BCUT2D eigenvalue weighted by molar-refractivity contribution is 0.157. The number of aromatic nitrogens is 2. The number of para-hydroxylation sites is 1. The summed E-state index contributed by atoms with van der Waals surface area (Å²) in [5.74, 6) is -0.148. The van der Waals surface area contributed by atoms with Crippen molar-refractivity contribution in [2.75, 3.05) is 39.2 Å². The van der Waals surface area contributed by atoms with Gasteiger partial charge in [-0.05, 0) is 57.1 Å². The molecule has 1 aliphatic rings. The molecule has 2 aromatic carbocycles. The molecule has 0 atom stereocenters. The fourth-order valence-electron chi connectivity index (χ4n) is 3.68. The molecule has 0 saturated carbocycles. The number of carbonyl (C=O) groups excluding carboxylic acids is 1. The lowest BCUT2D eigenvalue weighted by Crippen LogP contribution is -2.32. The number of hydrogen-bond acceptors (Lipinski definition) is 7. The van der Waals surface area contributed by atoms with E-state index >= 15 is 0 Å². The molecule has 0 spiro atoms. The van der Waals surface area contributed by atoms with Crippen LogP contribution in [0, 0.1) is 17.6 Å². The van der Waals surface area contributed by atoms with E-state index in [-0.39, 0.29) is 0 Å². The van der Waals surface area contributed by atoms with E-state index in [0.29, 0.717) is 40.0 Å². The second-order valence-electron chi connectivity index (χ2n) is 8.01. The van der Waals surface area contributed by atoms with E-state index < -0.39 is 23.4 Å². The van der Waals surface area contributed by atoms with E-state index in [2.05, 4.69) is 32.0 Å². The Hall–Kier alpha value is -3.18. The number of fused-ring (bicyclic) bond motifs is 1. The predicted octanol–water partition coefficient (Wildman–Crippen LogP) is 4.47. The fourth-order valence-corrected chi connectivity index (χ4v) is 4.30. The smallest absolute Gasteiger partial charge is 0.329 e. The lowest BCUT2D eigenvalue weighted by Gasteiger charge is -2.28. The second kappa shape index (κ2) is 10.8. The molecule has 1 aliphatic heterocycles. The molecule has 180 valence electrons. The summed E-state index contributed by atoms with van der Waals surface area (Å²) in [5, 5.41) is 3.24. The molecule has 0 radical (unpaired) electrons. The van der Waals surface area contributed by atoms with Crippen LogP contribution in [0.15, 0.2) is 41.7 Å². The van der Waals surface area contributed by atoms with Gasteiger partial charge in [0.05, 0.1) is 19.2 Å². The quantitative estimate of drug-likeness (QED) is 0.374. The van der Waals surface area contributed by atoms with Crippen LogP contribution in [0.25, 0.3) is 10.9 Å². The maximum atomic E-state index is 13.8. The van der Waals surface area contributed by atoms with Crippen molar-refractivity contribution in [3.63, 3.8) is 0 Å². The molecule has 1 aromatic heterocycles. The first-order valence-corrected chi connectivity index (χ1v) is 11.6. The van der Waals surface area contributed by atoms with Gasteiger partial charge in [-0.2, -0.15) is 0 Å². The summed E-state index contributed by atoms with van der Waals surface area (Å²) in [6.45, 7) is 2.71. The number of amides is 2. The van der Waals surface area contributed by atoms with Crippen LogP contribution < -0.4 is 19.5 Å². The second-order valence-corrected chi connectivity index (χ2v) is 8.81. The van der Waals surface area contributed by atoms with E-state index in [0.717, 1.165) is 50.0 Å². The molecule has 1 saturated heterocycles. The van der Waals surface area contributed by atoms with Gasteiger partial charge in [0.1, 0.15) is 28.7 Å². The zero-order valence-corrected chi connectivity index (χ0v) is 19.6. The van der Waals surface area contributed by atoms with Gasteiger partial charge >= 0.3 is 6.03 Å². The van der Waals surface area contributed by atoms with Crippen molar-refractivity contribution in [3.05, 3.63) is 48.3 Å². The van der Waals surface area contributed by atoms with Crippen LogP contribution >= 0.6 is 11.9 Å². The molecule has 0 aliphatic carbocycles. The van der Waals surface area contributed by atoms with E-state index in [1.165, 1.54) is 12.4 Å². The highest BCUT2D eigenvalue weighted by atomic mass is 32.2. The Bertz CT molecular complexity index is 1150. The number of benzene rings is 2. The Labute approximate surface area is 200 Å². The van der Waals surface area contributed by atoms with Crippen LogP contribution in [-0.4, -0.2) is 54.8 Å². The Morgan fingerprint density at radius 2 is 1.91 bits per heavy atom. The maximum Gasteiger partial charge on any atom is 0.329 e. The molecule has 11 heteroatoms. The predicted molar refractivity (Wildman–Crippen MR) is 126 cm³/mol. The molecular formula is C23H25F2N5O3S. The van der Waals surface area contributed by atoms with Crippen molar-refractivity contribution in [3.8, 4) is 11.5 Å². The summed E-state index contributed by atoms with van der Waals surface area (Å²) < 4.78 is 41.6. The number of ether oxygens (including phenoxy) is 2. The van der Waals surface area contributed by atoms with Crippen LogP contribution in [0.4, 0.5) is 19.3 Å². The summed E-state index contributed by atoms with van der Waals surface area (Å²) in [6, 6.07) is 6.06. The molecule has 0 unspecified atom stereocenters. The topological polar surface area (TPSA) is 88.6 Å². The number of rotatable bonds is 7. The molecule has 2 N–H and O–H groups in total. The third kappa shape index (κ3) is 5.65. The number of carbonyl (C=O) groups is 1. The van der Waals surface area contributed by atoms with Gasteiger partial charge in [-0.15, -0.1) is 0 Å². The van der Waals surface area contributed by atoms with Crippen LogP contribution in [-0.2, 0) is 0 Å². The van der Waals surface area contributed by atoms with E-state index in [4.69, 9.17) is 9.47 Å². The molecule has 2 amide bonds. The van der Waals surface area contributed by atoms with Crippen molar-refractivity contribution >= 4 is 34.6 Å². The minimum atomic E-state index is -0.870. The zero-order valence-electron chi connectivity index (χ0n) is 18.8. The third-order valence-corrected chi connectivity index (χ3v) is 6.44. The maximum absolute atomic E-state index is 13.8. The van der Waals surface area contributed by atoms with E-state index in [9.17, 15) is 13.6 Å². The van der Waals surface area contributed by atoms with Gasteiger partial charge in [-0.1, -0.05) is 6.07 Å². The minimum Gasteiger partial charge on any atom is -0.493 e. The zero-order chi connectivity index (χ0) is 24.1. The van der Waals surface area contributed by atoms with Gasteiger partial charge in [0, 0.05) is 23.4 Å². The van der Waals surface area contributed by atoms with Gasteiger partial charge in [-0.25, -0.2) is 23.5 Å². The first-order valence-electron chi connectivity index (χ1n) is 10.8. The lowest BCUT2D eigenvalue weighted by atomic mass is 9.98. The Morgan fingerprint density at radius 3 is 2.62 bits per heavy atom. The number of halogens is 2. The van der Waals surface area contributed by atoms with Gasteiger partial charge in [-0.3, -0.25) is 4.72 Å². The number of anilines is 1. The van der Waals surface area contributed by atoms with E-state index in [1.807, 2.05) is 0 Å². The average molecular weight is 490 g/mol. The average Bonchev–Trinajstić information content (AvgIpc) is 2.84. The number of piperidine rings is 1. The van der Waals surface area contributed by atoms with Crippen LogP contribution in [0.5, 0.6) is 11.5 Å². The highest BCUT2D eigenvalue weighted by Crippen LogP contribution is 2.35. The Kier molecular flexibility index (Phi) is 7.63. The first-order chi connectivity index (χ1) is 16.4. The number of nitrogens with one attached hydrogen (secondary N) is 2. The van der Waals surface area contributed by atoms with Crippen molar-refractivity contribution in [2.24, 2.45) is 5.92 Å². The standard InChI is InChI=1S/C23H25F2N5O3S/c1-30-8-6-14(7-9-30)12-33-20-11-18-15(10-19(20)32-2)22(27-13-26-18)34-29-23(31)28-21-16(24)4-3-5-17(21)25/h3-5,10-11,13-14H,6-9,12H2,1-2H3,(H2,28,29,31). The normalized spacial score (nSPS) is 14.7. The number of methoxy groups -OCH3 is 1. The van der Waals surface area contributed by atoms with Gasteiger partial charge in [0.25, 0.3) is 0 Å². The highest BCUT2D eigenvalue weighted by molar-refractivity contribution is 7.98. The minimum absolute atomic E-state index is 0.439.